The lowest BCUT2D eigenvalue weighted by Crippen LogP contribution is -2.04. The van der Waals surface area contributed by atoms with Crippen molar-refractivity contribution in [1.29, 1.82) is 10.5 Å². The highest BCUT2D eigenvalue weighted by Crippen LogP contribution is 2.38. The molecule has 0 fully saturated rings. The number of fused-ring (bicyclic) bond motifs is 6. The first-order valence-corrected chi connectivity index (χ1v) is 13.7. The summed E-state index contributed by atoms with van der Waals surface area (Å²) in [6, 6.07) is 23.9. The Hall–Kier alpha value is -6.00. The van der Waals surface area contributed by atoms with E-state index in [9.17, 15) is 36.9 Å². The SMILES string of the molecule is N#C/N=c1/c2cc(-c3cccc(C(F)(F)F)c3)ccc2c2cc3c(cc12)/c(=N/C#N)c1cc(-c2cccc(C(F)(F)F)c2)ccc13. The first-order chi connectivity index (χ1) is 22.0. The number of hydrogen-bond donors (Lipinski definition) is 0. The van der Waals surface area contributed by atoms with Crippen LogP contribution in [0.2, 0.25) is 0 Å². The molecule has 0 saturated heterocycles. The van der Waals surface area contributed by atoms with Crippen LogP contribution in [0.15, 0.2) is 107 Å². The summed E-state index contributed by atoms with van der Waals surface area (Å²) in [4.78, 5) is 8.14. The summed E-state index contributed by atoms with van der Waals surface area (Å²) in [7, 11) is 0. The molecule has 7 aromatic carbocycles. The van der Waals surface area contributed by atoms with E-state index < -0.39 is 23.5 Å². The first-order valence-electron chi connectivity index (χ1n) is 13.7. The molecule has 222 valence electrons. The maximum atomic E-state index is 13.4. The van der Waals surface area contributed by atoms with Crippen molar-refractivity contribution in [1.82, 2.24) is 0 Å². The molecule has 10 heteroatoms. The van der Waals surface area contributed by atoms with Gasteiger partial charge in [-0.2, -0.15) is 46.9 Å². The van der Waals surface area contributed by atoms with Crippen LogP contribution in [0.4, 0.5) is 26.3 Å². The van der Waals surface area contributed by atoms with Crippen molar-refractivity contribution in [2.75, 3.05) is 0 Å². The van der Waals surface area contributed by atoms with E-state index in [1.165, 1.54) is 12.1 Å². The average molecular weight is 619 g/mol. The second-order valence-electron chi connectivity index (χ2n) is 10.7. The standard InChI is InChI=1S/C36H16F6N4/c37-35(38,39)23-5-1-3-19(11-23)21-7-9-25-27-15-28-26-10-8-22(20-4-2-6-24(12-20)36(40,41)42)14-30(26)34(46-18-44)32(28)16-31(27)33(45-17-43)29(25)13-21/h1-16H/b45-33-,46-34+. The minimum atomic E-state index is -4.51. The zero-order chi connectivity index (χ0) is 32.4. The molecule has 0 N–H and O–H groups in total. The normalized spacial score (nSPS) is 13.2. The molecule has 0 unspecified atom stereocenters. The van der Waals surface area contributed by atoms with Crippen LogP contribution in [0.25, 0.3) is 65.3 Å². The zero-order valence-electron chi connectivity index (χ0n) is 23.3. The highest BCUT2D eigenvalue weighted by Gasteiger charge is 2.31. The van der Waals surface area contributed by atoms with Crippen LogP contribution in [0, 0.1) is 22.9 Å². The van der Waals surface area contributed by atoms with Crippen molar-refractivity contribution in [2.24, 2.45) is 9.98 Å². The number of hydrogen-bond acceptors (Lipinski definition) is 4. The molecule has 4 nitrogen and oxygen atoms in total. The smallest absolute Gasteiger partial charge is 0.172 e. The van der Waals surface area contributed by atoms with Crippen molar-refractivity contribution in [2.45, 2.75) is 12.4 Å². The molecule has 46 heavy (non-hydrogen) atoms. The molecule has 7 aromatic rings. The Morgan fingerprint density at radius 2 is 0.783 bits per heavy atom. The molecule has 0 heterocycles. The van der Waals surface area contributed by atoms with Gasteiger partial charge in [-0.1, -0.05) is 48.5 Å². The first kappa shape index (κ1) is 28.8. The molecule has 7 rings (SSSR count). The third-order valence-electron chi connectivity index (χ3n) is 8.17. The molecule has 0 aliphatic rings. The fraction of sp³-hybridized carbons (Fsp3) is 0.0556. The third kappa shape index (κ3) is 4.63. The molecule has 0 radical (unpaired) electrons. The lowest BCUT2D eigenvalue weighted by molar-refractivity contribution is -0.138. The van der Waals surface area contributed by atoms with Gasteiger partial charge >= 0.3 is 12.4 Å². The Morgan fingerprint density at radius 3 is 1.17 bits per heavy atom. The Labute approximate surface area is 255 Å². The van der Waals surface area contributed by atoms with Crippen molar-refractivity contribution in [3.63, 3.8) is 0 Å². The maximum Gasteiger partial charge on any atom is 0.416 e. The molecule has 0 aromatic heterocycles. The predicted octanol–water partition coefficient (Wildman–Crippen LogP) is 9.31. The summed E-state index contributed by atoms with van der Waals surface area (Å²) < 4.78 is 80.4. The van der Waals surface area contributed by atoms with E-state index in [0.717, 1.165) is 45.8 Å². The summed E-state index contributed by atoms with van der Waals surface area (Å²) >= 11 is 0. The van der Waals surface area contributed by atoms with E-state index in [2.05, 4.69) is 9.98 Å². The van der Waals surface area contributed by atoms with E-state index in [0.29, 0.717) is 54.5 Å². The van der Waals surface area contributed by atoms with Gasteiger partial charge in [0.05, 0.1) is 21.8 Å². The quantitative estimate of drug-likeness (QED) is 0.143. The number of rotatable bonds is 2. The van der Waals surface area contributed by atoms with E-state index in [1.54, 1.807) is 54.6 Å². The summed E-state index contributed by atoms with van der Waals surface area (Å²) in [5.74, 6) is 0. The molecule has 0 bridgehead atoms. The largest absolute Gasteiger partial charge is 0.416 e. The van der Waals surface area contributed by atoms with Gasteiger partial charge in [0.15, 0.2) is 0 Å². The monoisotopic (exact) mass is 618 g/mol. The van der Waals surface area contributed by atoms with E-state index in [4.69, 9.17) is 0 Å². The van der Waals surface area contributed by atoms with Crippen molar-refractivity contribution in [3.8, 4) is 34.6 Å². The Bertz CT molecular complexity index is 2410. The Morgan fingerprint density at radius 1 is 0.413 bits per heavy atom. The molecule has 0 atom stereocenters. The van der Waals surface area contributed by atoms with Crippen LogP contribution < -0.4 is 10.7 Å². The summed E-state index contributed by atoms with van der Waals surface area (Å²) in [5, 5.41) is 25.0. The molecular weight excluding hydrogens is 602 g/mol. The van der Waals surface area contributed by atoms with Crippen LogP contribution in [0.3, 0.4) is 0 Å². The summed E-state index contributed by atoms with van der Waals surface area (Å²) in [6.07, 6.45) is -5.38. The van der Waals surface area contributed by atoms with Crippen LogP contribution in [0.1, 0.15) is 11.1 Å². The number of nitriles is 2. The number of alkyl halides is 6. The van der Waals surface area contributed by atoms with Crippen LogP contribution in [-0.4, -0.2) is 0 Å². The van der Waals surface area contributed by atoms with E-state index in [-0.39, 0.29) is 0 Å². The molecule has 0 amide bonds. The molecular formula is C36H16F6N4. The highest BCUT2D eigenvalue weighted by atomic mass is 19.4. The molecule has 0 aliphatic heterocycles. The van der Waals surface area contributed by atoms with Gasteiger partial charge in [-0.15, -0.1) is 0 Å². The number of benzene rings is 5. The fourth-order valence-corrected chi connectivity index (χ4v) is 6.13. The van der Waals surface area contributed by atoms with E-state index in [1.807, 2.05) is 18.5 Å². The van der Waals surface area contributed by atoms with Crippen molar-refractivity contribution >= 4 is 43.1 Å². The number of nitrogens with zero attached hydrogens (tertiary/aromatic N) is 4. The van der Waals surface area contributed by atoms with Gasteiger partial charge in [0, 0.05) is 21.5 Å². The highest BCUT2D eigenvalue weighted by molar-refractivity contribution is 6.21. The average Bonchev–Trinajstić information content (AvgIpc) is 3.50. The minimum absolute atomic E-state index is 0.320. The molecule has 0 spiro atoms. The van der Waals surface area contributed by atoms with Gasteiger partial charge in [-0.05, 0) is 92.3 Å². The third-order valence-corrected chi connectivity index (χ3v) is 8.17. The van der Waals surface area contributed by atoms with Gasteiger partial charge in [0.2, 0.25) is 12.4 Å². The second-order valence-corrected chi connectivity index (χ2v) is 10.7. The molecule has 0 saturated carbocycles. The zero-order valence-corrected chi connectivity index (χ0v) is 23.3. The Balaban J connectivity index is 1.48. The summed E-state index contributed by atoms with van der Waals surface area (Å²) in [5.41, 5.74) is 0.151. The number of halogens is 6. The summed E-state index contributed by atoms with van der Waals surface area (Å²) in [6.45, 7) is 0. The lowest BCUT2D eigenvalue weighted by Gasteiger charge is -2.09. The fourth-order valence-electron chi connectivity index (χ4n) is 6.13. The second kappa shape index (κ2) is 10.3. The van der Waals surface area contributed by atoms with Crippen LogP contribution in [0.5, 0.6) is 0 Å². The van der Waals surface area contributed by atoms with Crippen molar-refractivity contribution < 1.29 is 26.3 Å². The predicted molar refractivity (Wildman–Crippen MR) is 162 cm³/mol. The van der Waals surface area contributed by atoms with Crippen LogP contribution >= 0.6 is 0 Å². The van der Waals surface area contributed by atoms with Gasteiger partial charge in [-0.25, -0.2) is 0 Å². The van der Waals surface area contributed by atoms with Gasteiger partial charge in [0.1, 0.15) is 0 Å². The topological polar surface area (TPSA) is 72.3 Å². The van der Waals surface area contributed by atoms with Gasteiger partial charge in [0.25, 0.3) is 0 Å². The minimum Gasteiger partial charge on any atom is -0.172 e. The van der Waals surface area contributed by atoms with E-state index >= 15 is 0 Å². The molecule has 0 aliphatic carbocycles. The van der Waals surface area contributed by atoms with Crippen LogP contribution in [-0.2, 0) is 12.4 Å². The van der Waals surface area contributed by atoms with Gasteiger partial charge < -0.3 is 0 Å². The van der Waals surface area contributed by atoms with Gasteiger partial charge in [-0.3, -0.25) is 0 Å². The lowest BCUT2D eigenvalue weighted by atomic mass is 10.00. The van der Waals surface area contributed by atoms with Crippen molar-refractivity contribution in [3.05, 3.63) is 119 Å². The maximum absolute atomic E-state index is 13.4. The Kier molecular flexibility index (Phi) is 6.43.